The van der Waals surface area contributed by atoms with E-state index in [9.17, 15) is 5.11 Å². The van der Waals surface area contributed by atoms with Crippen molar-refractivity contribution in [3.8, 4) is 0 Å². The summed E-state index contributed by atoms with van der Waals surface area (Å²) < 4.78 is 6.79. The number of allylic oxidation sites excluding steroid dienone is 1. The van der Waals surface area contributed by atoms with Gasteiger partial charge in [-0.2, -0.15) is 0 Å². The van der Waals surface area contributed by atoms with Crippen LogP contribution in [0.4, 0.5) is 0 Å². The molecule has 0 amide bonds. The van der Waals surface area contributed by atoms with Crippen molar-refractivity contribution in [2.24, 2.45) is 28.6 Å². The Morgan fingerprint density at radius 3 is 2.87 bits per heavy atom. The van der Waals surface area contributed by atoms with Gasteiger partial charge in [-0.05, 0) is 80.6 Å². The maximum Gasteiger partial charge on any atom is 0.0931 e. The second-order valence-corrected chi connectivity index (χ2v) is 9.60. The van der Waals surface area contributed by atoms with E-state index < -0.39 is 0 Å². The van der Waals surface area contributed by atoms with Crippen molar-refractivity contribution in [1.29, 1.82) is 0 Å². The zero-order chi connectivity index (χ0) is 15.9. The minimum Gasteiger partial charge on any atom is -0.393 e. The molecule has 4 fully saturated rings. The Bertz CT molecular complexity index is 548. The van der Waals surface area contributed by atoms with Gasteiger partial charge in [0.05, 0.1) is 18.3 Å². The fourth-order valence-electron chi connectivity index (χ4n) is 7.99. The molecule has 1 heterocycles. The van der Waals surface area contributed by atoms with Crippen LogP contribution in [0, 0.1) is 28.6 Å². The zero-order valence-corrected chi connectivity index (χ0v) is 14.8. The van der Waals surface area contributed by atoms with Gasteiger partial charge in [0.25, 0.3) is 0 Å². The molecule has 0 aromatic heterocycles. The van der Waals surface area contributed by atoms with E-state index in [1.165, 1.54) is 51.4 Å². The first-order valence-corrected chi connectivity index (χ1v) is 10.1. The minimum absolute atomic E-state index is 0.0461. The Balaban J connectivity index is 1.57. The Morgan fingerprint density at radius 2 is 2.04 bits per heavy atom. The van der Waals surface area contributed by atoms with Crippen LogP contribution < -0.4 is 0 Å². The van der Waals surface area contributed by atoms with Crippen LogP contribution in [0.1, 0.15) is 71.6 Å². The first kappa shape index (κ1) is 15.0. The van der Waals surface area contributed by atoms with E-state index in [1.807, 2.05) is 6.92 Å². The maximum atomic E-state index is 10.3. The summed E-state index contributed by atoms with van der Waals surface area (Å²) in [7, 11) is 0. The van der Waals surface area contributed by atoms with Crippen LogP contribution in [0.2, 0.25) is 0 Å². The number of aliphatic hydroxyl groups is 1. The van der Waals surface area contributed by atoms with Crippen LogP contribution in [0.5, 0.6) is 0 Å². The molecule has 5 rings (SSSR count). The van der Waals surface area contributed by atoms with Crippen molar-refractivity contribution in [2.45, 2.75) is 83.3 Å². The molecule has 4 aliphatic carbocycles. The zero-order valence-electron chi connectivity index (χ0n) is 14.8. The highest BCUT2D eigenvalue weighted by Crippen LogP contribution is 2.72. The molecular weight excluding hydrogens is 284 g/mol. The normalized spacial score (nSPS) is 55.6. The van der Waals surface area contributed by atoms with Crippen LogP contribution >= 0.6 is 0 Å². The summed E-state index contributed by atoms with van der Waals surface area (Å²) in [6.07, 6.45) is 14.3. The van der Waals surface area contributed by atoms with Crippen LogP contribution in [0.15, 0.2) is 11.6 Å². The summed E-state index contributed by atoms with van der Waals surface area (Å²) in [5.41, 5.74) is 2.33. The summed E-state index contributed by atoms with van der Waals surface area (Å²) in [5, 5.41) is 10.3. The van der Waals surface area contributed by atoms with Crippen molar-refractivity contribution in [2.75, 3.05) is 6.61 Å². The van der Waals surface area contributed by atoms with Gasteiger partial charge in [-0.15, -0.1) is 0 Å². The van der Waals surface area contributed by atoms with Crippen molar-refractivity contribution in [1.82, 2.24) is 0 Å². The Morgan fingerprint density at radius 1 is 1.17 bits per heavy atom. The van der Waals surface area contributed by atoms with Crippen molar-refractivity contribution >= 4 is 0 Å². The highest BCUT2D eigenvalue weighted by Gasteiger charge is 2.69. The van der Waals surface area contributed by atoms with Gasteiger partial charge in [0.2, 0.25) is 0 Å². The smallest absolute Gasteiger partial charge is 0.0931 e. The fraction of sp³-hybridized carbons (Fsp3) is 0.905. The minimum atomic E-state index is -0.205. The van der Waals surface area contributed by atoms with Crippen molar-refractivity contribution in [3.05, 3.63) is 11.6 Å². The molecule has 128 valence electrons. The molecule has 2 bridgehead atoms. The molecule has 2 nitrogen and oxygen atoms in total. The van der Waals surface area contributed by atoms with E-state index >= 15 is 0 Å². The number of hydrogen-bond donors (Lipinski definition) is 1. The lowest BCUT2D eigenvalue weighted by atomic mass is 9.45. The number of rotatable bonds is 1. The summed E-state index contributed by atoms with van der Waals surface area (Å²) in [5.74, 6) is 2.09. The third-order valence-electron chi connectivity index (χ3n) is 8.98. The highest BCUT2D eigenvalue weighted by molar-refractivity contribution is 5.38. The monoisotopic (exact) mass is 316 g/mol. The lowest BCUT2D eigenvalue weighted by molar-refractivity contribution is -0.0789. The van der Waals surface area contributed by atoms with Crippen LogP contribution in [0.25, 0.3) is 0 Å². The predicted octanol–water partition coefficient (Wildman–Crippen LogP) is 4.47. The number of hydrogen-bond acceptors (Lipinski definition) is 2. The summed E-state index contributed by atoms with van der Waals surface area (Å²) in [4.78, 5) is 0. The fourth-order valence-corrected chi connectivity index (χ4v) is 7.99. The van der Waals surface area contributed by atoms with Crippen molar-refractivity contribution in [3.63, 3.8) is 0 Å². The molecule has 0 radical (unpaired) electrons. The van der Waals surface area contributed by atoms with Gasteiger partial charge in [0.15, 0.2) is 0 Å². The van der Waals surface area contributed by atoms with Gasteiger partial charge in [-0.25, -0.2) is 0 Å². The van der Waals surface area contributed by atoms with Gasteiger partial charge in [-0.3, -0.25) is 0 Å². The van der Waals surface area contributed by atoms with E-state index in [4.69, 9.17) is 4.74 Å². The van der Waals surface area contributed by atoms with E-state index in [2.05, 4.69) is 13.0 Å². The molecule has 1 N–H and O–H groups in total. The van der Waals surface area contributed by atoms with Crippen LogP contribution in [0.3, 0.4) is 0 Å². The second kappa shape index (κ2) is 4.64. The quantitative estimate of drug-likeness (QED) is 0.723. The van der Waals surface area contributed by atoms with Gasteiger partial charge in [0.1, 0.15) is 0 Å². The van der Waals surface area contributed by atoms with Crippen molar-refractivity contribution < 1.29 is 9.84 Å². The van der Waals surface area contributed by atoms with E-state index in [0.29, 0.717) is 11.3 Å². The molecule has 2 heteroatoms. The van der Waals surface area contributed by atoms with Gasteiger partial charge < -0.3 is 9.84 Å². The molecular formula is C21H32O2. The van der Waals surface area contributed by atoms with Gasteiger partial charge in [-0.1, -0.05) is 25.8 Å². The predicted molar refractivity (Wildman–Crippen MR) is 91.0 cm³/mol. The molecule has 5 aliphatic rings. The van der Waals surface area contributed by atoms with E-state index in [1.54, 1.807) is 5.57 Å². The third-order valence-corrected chi connectivity index (χ3v) is 8.98. The molecule has 23 heavy (non-hydrogen) atoms. The number of ether oxygens (including phenoxy) is 1. The standard InChI is InChI=1S/C21H32O2/c1-14(22)16-6-7-17-19(16,2)11-9-18-20-10-4-3-5-15(20)8-12-21(17,18)23-13-20/h7,14-16,18,22H,3-6,8-13H2,1-2H3/t14?,15-,16+,18+,19+,20+,21+/m0/s1. The molecule has 1 spiro atoms. The first-order valence-electron chi connectivity index (χ1n) is 10.1. The number of aliphatic hydroxyl groups excluding tert-OH is 1. The highest BCUT2D eigenvalue weighted by atomic mass is 16.5. The average molecular weight is 316 g/mol. The van der Waals surface area contributed by atoms with E-state index in [0.717, 1.165) is 24.9 Å². The topological polar surface area (TPSA) is 29.5 Å². The molecule has 3 saturated carbocycles. The lowest BCUT2D eigenvalue weighted by Crippen LogP contribution is -2.57. The van der Waals surface area contributed by atoms with Crippen LogP contribution in [-0.4, -0.2) is 23.4 Å². The Labute approximate surface area is 140 Å². The molecule has 1 aliphatic heterocycles. The summed E-state index contributed by atoms with van der Waals surface area (Å²) >= 11 is 0. The molecule has 0 aromatic carbocycles. The maximum absolute atomic E-state index is 10.3. The first-order chi connectivity index (χ1) is 11.0. The SMILES string of the molecule is CC(O)[C@H]1CC=C2[C@]1(C)CC[C@@H]1[C@@]34CCCC[C@H]3CC[C@@]21OC4. The second-order valence-electron chi connectivity index (χ2n) is 9.60. The van der Waals surface area contributed by atoms with Gasteiger partial charge in [0, 0.05) is 5.41 Å². The Hall–Kier alpha value is -0.340. The summed E-state index contributed by atoms with van der Waals surface area (Å²) in [6.45, 7) is 5.44. The molecule has 7 atom stereocenters. The average Bonchev–Trinajstić information content (AvgIpc) is 2.99. The molecule has 0 aromatic rings. The Kier molecular flexibility index (Phi) is 3.01. The summed E-state index contributed by atoms with van der Waals surface area (Å²) in [6, 6.07) is 0. The lowest BCUT2D eigenvalue weighted by Gasteiger charge is -2.58. The number of fused-ring (bicyclic) bond motifs is 1. The third kappa shape index (κ3) is 1.63. The van der Waals surface area contributed by atoms with Crippen LogP contribution in [-0.2, 0) is 4.74 Å². The molecule has 1 saturated heterocycles. The largest absolute Gasteiger partial charge is 0.393 e. The molecule has 1 unspecified atom stereocenters. The van der Waals surface area contributed by atoms with Gasteiger partial charge >= 0.3 is 0 Å². The van der Waals surface area contributed by atoms with E-state index in [-0.39, 0.29) is 17.1 Å².